The summed E-state index contributed by atoms with van der Waals surface area (Å²) < 4.78 is 6.19. The van der Waals surface area contributed by atoms with Gasteiger partial charge in [-0.3, -0.25) is 0 Å². The topological polar surface area (TPSA) is 21.3 Å². The molecule has 1 N–H and O–H groups in total. The van der Waals surface area contributed by atoms with E-state index in [4.69, 9.17) is 4.74 Å². The molecule has 2 aromatic rings. The van der Waals surface area contributed by atoms with Crippen molar-refractivity contribution in [2.75, 3.05) is 18.5 Å². The van der Waals surface area contributed by atoms with Crippen LogP contribution in [0.5, 0.6) is 5.75 Å². The van der Waals surface area contributed by atoms with E-state index in [-0.39, 0.29) is 10.8 Å². The Morgan fingerprint density at radius 3 is 1.93 bits per heavy atom. The van der Waals surface area contributed by atoms with Gasteiger partial charge in [-0.15, -0.1) is 0 Å². The van der Waals surface area contributed by atoms with Crippen LogP contribution >= 0.6 is 0 Å². The van der Waals surface area contributed by atoms with E-state index in [9.17, 15) is 0 Å². The fourth-order valence-electron chi connectivity index (χ4n) is 3.50. The molecule has 0 saturated heterocycles. The number of anilines is 1. The first-order valence-electron chi connectivity index (χ1n) is 9.99. The van der Waals surface area contributed by atoms with Gasteiger partial charge in [-0.25, -0.2) is 0 Å². The van der Waals surface area contributed by atoms with Crippen molar-refractivity contribution in [2.24, 2.45) is 0 Å². The van der Waals surface area contributed by atoms with E-state index in [0.717, 1.165) is 12.3 Å². The summed E-state index contributed by atoms with van der Waals surface area (Å²) in [6, 6.07) is 11.1. The summed E-state index contributed by atoms with van der Waals surface area (Å²) in [6.07, 6.45) is 0. The molecule has 0 spiro atoms. The van der Waals surface area contributed by atoms with Crippen molar-refractivity contribution in [1.82, 2.24) is 0 Å². The lowest BCUT2D eigenvalue weighted by molar-refractivity contribution is 0.322. The summed E-state index contributed by atoms with van der Waals surface area (Å²) in [5.74, 6) is 0.995. The minimum Gasteiger partial charge on any atom is -0.491 e. The van der Waals surface area contributed by atoms with Gasteiger partial charge in [0, 0.05) is 12.2 Å². The van der Waals surface area contributed by atoms with Gasteiger partial charge in [0.2, 0.25) is 0 Å². The molecule has 0 aliphatic heterocycles. The zero-order valence-corrected chi connectivity index (χ0v) is 18.7. The van der Waals surface area contributed by atoms with Crippen LogP contribution in [0.1, 0.15) is 69.4 Å². The van der Waals surface area contributed by atoms with Crippen molar-refractivity contribution < 1.29 is 4.74 Å². The number of rotatable bonds is 5. The predicted octanol–water partition coefficient (Wildman–Crippen LogP) is 6.70. The number of hydrogen-bond acceptors (Lipinski definition) is 2. The van der Waals surface area contributed by atoms with Gasteiger partial charge in [0.15, 0.2) is 0 Å². The van der Waals surface area contributed by atoms with Crippen LogP contribution in [0.3, 0.4) is 0 Å². The lowest BCUT2D eigenvalue weighted by Crippen LogP contribution is -2.19. The third kappa shape index (κ3) is 5.51. The van der Waals surface area contributed by atoms with Gasteiger partial charge in [-0.1, -0.05) is 71.4 Å². The fraction of sp³-hybridized carbons (Fsp3) is 0.520. The standard InChI is InChI=1S/C25H37NO/c1-17-14-18(2)23(19(3)15-17)26-12-13-27-22-11-10-20(24(4,5)6)16-21(22)25(7,8)9/h10-11,14-16,26H,12-13H2,1-9H3. The SMILES string of the molecule is Cc1cc(C)c(NCCOc2ccc(C(C)(C)C)cc2C(C)(C)C)c(C)c1. The average Bonchev–Trinajstić information content (AvgIpc) is 2.51. The highest BCUT2D eigenvalue weighted by molar-refractivity contribution is 5.58. The molecular weight excluding hydrogens is 330 g/mol. The van der Waals surface area contributed by atoms with Crippen molar-refractivity contribution in [2.45, 2.75) is 73.1 Å². The maximum absolute atomic E-state index is 6.19. The highest BCUT2D eigenvalue weighted by atomic mass is 16.5. The van der Waals surface area contributed by atoms with Crippen LogP contribution in [0.4, 0.5) is 5.69 Å². The van der Waals surface area contributed by atoms with Crippen LogP contribution < -0.4 is 10.1 Å². The van der Waals surface area contributed by atoms with Gasteiger partial charge >= 0.3 is 0 Å². The molecule has 2 aromatic carbocycles. The quantitative estimate of drug-likeness (QED) is 0.594. The highest BCUT2D eigenvalue weighted by Crippen LogP contribution is 2.35. The van der Waals surface area contributed by atoms with Crippen molar-refractivity contribution in [3.63, 3.8) is 0 Å². The molecule has 0 saturated carbocycles. The molecule has 0 fully saturated rings. The summed E-state index contributed by atoms with van der Waals surface area (Å²) >= 11 is 0. The molecule has 0 amide bonds. The van der Waals surface area contributed by atoms with E-state index in [2.05, 4.69) is 98.0 Å². The van der Waals surface area contributed by atoms with Crippen LogP contribution in [0.25, 0.3) is 0 Å². The van der Waals surface area contributed by atoms with E-state index in [0.29, 0.717) is 6.61 Å². The van der Waals surface area contributed by atoms with Crippen LogP contribution in [-0.2, 0) is 10.8 Å². The molecule has 2 nitrogen and oxygen atoms in total. The van der Waals surface area contributed by atoms with E-state index in [1.807, 2.05) is 0 Å². The molecule has 2 rings (SSSR count). The largest absolute Gasteiger partial charge is 0.491 e. The molecule has 148 valence electrons. The second-order valence-corrected chi connectivity index (χ2v) is 9.76. The first-order valence-corrected chi connectivity index (χ1v) is 9.99. The minimum absolute atomic E-state index is 0.0498. The summed E-state index contributed by atoms with van der Waals surface area (Å²) in [5.41, 5.74) is 7.93. The van der Waals surface area contributed by atoms with Crippen LogP contribution in [0.15, 0.2) is 30.3 Å². The first-order chi connectivity index (χ1) is 12.4. The zero-order valence-electron chi connectivity index (χ0n) is 18.7. The molecule has 0 atom stereocenters. The fourth-order valence-corrected chi connectivity index (χ4v) is 3.50. The first kappa shape index (κ1) is 21.3. The van der Waals surface area contributed by atoms with Gasteiger partial charge in [0.1, 0.15) is 12.4 Å². The average molecular weight is 368 g/mol. The zero-order chi connectivity index (χ0) is 20.4. The molecule has 2 heteroatoms. The number of aryl methyl sites for hydroxylation is 3. The molecular formula is C25H37NO. The van der Waals surface area contributed by atoms with Crippen LogP contribution in [0.2, 0.25) is 0 Å². The van der Waals surface area contributed by atoms with Gasteiger partial charge in [-0.05, 0) is 59.9 Å². The number of hydrogen-bond donors (Lipinski definition) is 1. The maximum Gasteiger partial charge on any atom is 0.123 e. The van der Waals surface area contributed by atoms with E-state index in [1.54, 1.807) is 0 Å². The smallest absolute Gasteiger partial charge is 0.123 e. The van der Waals surface area contributed by atoms with Gasteiger partial charge in [-0.2, -0.15) is 0 Å². The Morgan fingerprint density at radius 1 is 0.815 bits per heavy atom. The lowest BCUT2D eigenvalue weighted by Gasteiger charge is -2.27. The number of benzene rings is 2. The van der Waals surface area contributed by atoms with Crippen molar-refractivity contribution in [1.29, 1.82) is 0 Å². The van der Waals surface area contributed by atoms with Gasteiger partial charge < -0.3 is 10.1 Å². The summed E-state index contributed by atoms with van der Waals surface area (Å²) in [7, 11) is 0. The molecule has 0 unspecified atom stereocenters. The van der Waals surface area contributed by atoms with E-state index >= 15 is 0 Å². The molecule has 0 heterocycles. The minimum atomic E-state index is 0.0498. The Kier molecular flexibility index (Phi) is 6.29. The number of nitrogens with one attached hydrogen (secondary N) is 1. The molecule has 0 aliphatic rings. The molecule has 0 aromatic heterocycles. The summed E-state index contributed by atoms with van der Waals surface area (Å²) in [5, 5.41) is 3.55. The second kappa shape index (κ2) is 7.96. The Balaban J connectivity index is 2.10. The van der Waals surface area contributed by atoms with E-state index in [1.165, 1.54) is 33.5 Å². The van der Waals surface area contributed by atoms with Crippen LogP contribution in [0, 0.1) is 20.8 Å². The Labute approximate surface area is 166 Å². The molecule has 27 heavy (non-hydrogen) atoms. The van der Waals surface area contributed by atoms with Crippen molar-refractivity contribution in [3.8, 4) is 5.75 Å². The number of ether oxygens (including phenoxy) is 1. The van der Waals surface area contributed by atoms with E-state index < -0.39 is 0 Å². The van der Waals surface area contributed by atoms with Crippen molar-refractivity contribution in [3.05, 3.63) is 58.1 Å². The third-order valence-electron chi connectivity index (χ3n) is 4.99. The molecule has 0 radical (unpaired) electrons. The normalized spacial score (nSPS) is 12.2. The molecule has 0 aliphatic carbocycles. The second-order valence-electron chi connectivity index (χ2n) is 9.76. The third-order valence-corrected chi connectivity index (χ3v) is 4.99. The van der Waals surface area contributed by atoms with Crippen molar-refractivity contribution >= 4 is 5.69 Å². The monoisotopic (exact) mass is 367 g/mol. The van der Waals surface area contributed by atoms with Gasteiger partial charge in [0.05, 0.1) is 0 Å². The maximum atomic E-state index is 6.19. The highest BCUT2D eigenvalue weighted by Gasteiger charge is 2.23. The Hall–Kier alpha value is -1.96. The van der Waals surface area contributed by atoms with Gasteiger partial charge in [0.25, 0.3) is 0 Å². The lowest BCUT2D eigenvalue weighted by atomic mass is 9.80. The molecule has 0 bridgehead atoms. The predicted molar refractivity (Wildman–Crippen MR) is 118 cm³/mol. The summed E-state index contributed by atoms with van der Waals surface area (Å²) in [4.78, 5) is 0. The summed E-state index contributed by atoms with van der Waals surface area (Å²) in [6.45, 7) is 21.4. The van der Waals surface area contributed by atoms with Crippen LogP contribution in [-0.4, -0.2) is 13.2 Å². The Morgan fingerprint density at radius 2 is 1.41 bits per heavy atom. The Bertz CT molecular complexity index is 768.